The average Bonchev–Trinajstić information content (AvgIpc) is 2.86. The minimum absolute atomic E-state index is 0.770. The Hall–Kier alpha value is -0.800. The van der Waals surface area contributed by atoms with Crippen molar-refractivity contribution in [2.45, 2.75) is 19.4 Å². The Morgan fingerprint density at radius 2 is 2.50 bits per heavy atom. The summed E-state index contributed by atoms with van der Waals surface area (Å²) in [5.41, 5.74) is 1.22. The van der Waals surface area contributed by atoms with Crippen LogP contribution in [-0.2, 0) is 11.3 Å². The third-order valence-corrected chi connectivity index (χ3v) is 2.66. The van der Waals surface area contributed by atoms with Crippen molar-refractivity contribution >= 4 is 0 Å². The molecule has 2 rings (SSSR count). The molecule has 1 N–H and O–H groups in total. The van der Waals surface area contributed by atoms with Gasteiger partial charge in [0.1, 0.15) is 0 Å². The van der Waals surface area contributed by atoms with Crippen molar-refractivity contribution < 1.29 is 9.15 Å². The van der Waals surface area contributed by atoms with Crippen LogP contribution in [0.3, 0.4) is 0 Å². The van der Waals surface area contributed by atoms with Crippen molar-refractivity contribution in [2.75, 3.05) is 19.8 Å². The zero-order valence-corrected chi connectivity index (χ0v) is 8.37. The SMILES string of the molecule is c1cc(CNCCC2CCOC2)co1. The molecule has 1 fully saturated rings. The summed E-state index contributed by atoms with van der Waals surface area (Å²) in [6, 6.07) is 1.99. The molecule has 2 heterocycles. The van der Waals surface area contributed by atoms with Crippen molar-refractivity contribution in [3.8, 4) is 0 Å². The Morgan fingerprint density at radius 3 is 3.21 bits per heavy atom. The van der Waals surface area contributed by atoms with Crippen molar-refractivity contribution in [1.29, 1.82) is 0 Å². The van der Waals surface area contributed by atoms with E-state index >= 15 is 0 Å². The second-order valence-corrected chi connectivity index (χ2v) is 3.83. The van der Waals surface area contributed by atoms with Crippen molar-refractivity contribution in [1.82, 2.24) is 5.32 Å². The van der Waals surface area contributed by atoms with E-state index in [1.807, 2.05) is 6.07 Å². The Labute approximate surface area is 84.4 Å². The Balaban J connectivity index is 1.55. The highest BCUT2D eigenvalue weighted by Gasteiger charge is 2.14. The lowest BCUT2D eigenvalue weighted by Gasteiger charge is -2.07. The Morgan fingerprint density at radius 1 is 1.50 bits per heavy atom. The van der Waals surface area contributed by atoms with Gasteiger partial charge in [-0.25, -0.2) is 0 Å². The van der Waals surface area contributed by atoms with Crippen LogP contribution >= 0.6 is 0 Å². The van der Waals surface area contributed by atoms with Gasteiger partial charge in [0.15, 0.2) is 0 Å². The van der Waals surface area contributed by atoms with Gasteiger partial charge in [-0.05, 0) is 31.4 Å². The van der Waals surface area contributed by atoms with Crippen LogP contribution in [0.1, 0.15) is 18.4 Å². The van der Waals surface area contributed by atoms with Gasteiger partial charge in [-0.15, -0.1) is 0 Å². The van der Waals surface area contributed by atoms with E-state index in [2.05, 4.69) is 5.32 Å². The van der Waals surface area contributed by atoms with Crippen LogP contribution in [0.4, 0.5) is 0 Å². The van der Waals surface area contributed by atoms with Gasteiger partial charge in [0.25, 0.3) is 0 Å². The highest BCUT2D eigenvalue weighted by atomic mass is 16.5. The van der Waals surface area contributed by atoms with Crippen LogP contribution in [0.2, 0.25) is 0 Å². The number of furan rings is 1. The molecule has 1 aliphatic heterocycles. The molecular formula is C11H17NO2. The van der Waals surface area contributed by atoms with E-state index in [4.69, 9.17) is 9.15 Å². The quantitative estimate of drug-likeness (QED) is 0.727. The molecule has 0 amide bonds. The molecule has 1 unspecified atom stereocenters. The van der Waals surface area contributed by atoms with E-state index in [-0.39, 0.29) is 0 Å². The fourth-order valence-corrected chi connectivity index (χ4v) is 1.74. The van der Waals surface area contributed by atoms with Crippen molar-refractivity contribution in [2.24, 2.45) is 5.92 Å². The van der Waals surface area contributed by atoms with Gasteiger partial charge in [0.2, 0.25) is 0 Å². The maximum atomic E-state index is 5.32. The van der Waals surface area contributed by atoms with Crippen molar-refractivity contribution in [3.63, 3.8) is 0 Å². The fraction of sp³-hybridized carbons (Fsp3) is 0.636. The number of rotatable bonds is 5. The molecule has 0 saturated carbocycles. The molecule has 0 aromatic carbocycles. The van der Waals surface area contributed by atoms with Crippen LogP contribution < -0.4 is 5.32 Å². The van der Waals surface area contributed by atoms with Gasteiger partial charge >= 0.3 is 0 Å². The summed E-state index contributed by atoms with van der Waals surface area (Å²) in [5.74, 6) is 0.770. The van der Waals surface area contributed by atoms with E-state index in [1.54, 1.807) is 12.5 Å². The van der Waals surface area contributed by atoms with Gasteiger partial charge in [-0.3, -0.25) is 0 Å². The average molecular weight is 195 g/mol. The molecule has 78 valence electrons. The zero-order valence-electron chi connectivity index (χ0n) is 8.37. The van der Waals surface area contributed by atoms with Crippen LogP contribution in [0, 0.1) is 5.92 Å². The summed E-state index contributed by atoms with van der Waals surface area (Å²) in [6.07, 6.45) is 5.94. The third-order valence-electron chi connectivity index (χ3n) is 2.66. The molecule has 1 aromatic heterocycles. The second-order valence-electron chi connectivity index (χ2n) is 3.83. The molecule has 0 bridgehead atoms. The molecule has 3 heteroatoms. The first-order chi connectivity index (χ1) is 6.95. The first-order valence-electron chi connectivity index (χ1n) is 5.24. The number of hydrogen-bond acceptors (Lipinski definition) is 3. The standard InChI is InChI=1S/C11H17NO2/c1(10-2-5-13-8-10)4-12-7-11-3-6-14-9-11/h3,6,9-10,12H,1-2,4-5,7-8H2. The summed E-state index contributed by atoms with van der Waals surface area (Å²) >= 11 is 0. The molecular weight excluding hydrogens is 178 g/mol. The van der Waals surface area contributed by atoms with E-state index < -0.39 is 0 Å². The normalized spacial score (nSPS) is 21.6. The summed E-state index contributed by atoms with van der Waals surface area (Å²) in [5, 5.41) is 3.40. The molecule has 1 aromatic rings. The maximum absolute atomic E-state index is 5.32. The predicted octanol–water partition coefficient (Wildman–Crippen LogP) is 1.80. The second kappa shape index (κ2) is 5.17. The van der Waals surface area contributed by atoms with Gasteiger partial charge < -0.3 is 14.5 Å². The van der Waals surface area contributed by atoms with E-state index in [1.165, 1.54) is 18.4 Å². The van der Waals surface area contributed by atoms with Crippen LogP contribution in [-0.4, -0.2) is 19.8 Å². The van der Waals surface area contributed by atoms with Gasteiger partial charge in [0.05, 0.1) is 12.5 Å². The largest absolute Gasteiger partial charge is 0.472 e. The summed E-state index contributed by atoms with van der Waals surface area (Å²) in [6.45, 7) is 3.88. The summed E-state index contributed by atoms with van der Waals surface area (Å²) in [4.78, 5) is 0. The highest BCUT2D eigenvalue weighted by molar-refractivity contribution is 5.04. The lowest BCUT2D eigenvalue weighted by atomic mass is 10.1. The van der Waals surface area contributed by atoms with Gasteiger partial charge in [-0.2, -0.15) is 0 Å². The Kier molecular flexibility index (Phi) is 3.60. The van der Waals surface area contributed by atoms with E-state index in [0.717, 1.165) is 32.2 Å². The minimum atomic E-state index is 0.770. The molecule has 1 aliphatic rings. The molecule has 1 saturated heterocycles. The molecule has 0 radical (unpaired) electrons. The minimum Gasteiger partial charge on any atom is -0.472 e. The van der Waals surface area contributed by atoms with E-state index in [0.29, 0.717) is 0 Å². The van der Waals surface area contributed by atoms with Gasteiger partial charge in [-0.1, -0.05) is 0 Å². The van der Waals surface area contributed by atoms with Crippen LogP contribution in [0.25, 0.3) is 0 Å². The number of ether oxygens (including phenoxy) is 1. The monoisotopic (exact) mass is 195 g/mol. The smallest absolute Gasteiger partial charge is 0.0947 e. The first kappa shape index (κ1) is 9.74. The maximum Gasteiger partial charge on any atom is 0.0947 e. The van der Waals surface area contributed by atoms with E-state index in [9.17, 15) is 0 Å². The molecule has 1 atom stereocenters. The first-order valence-corrected chi connectivity index (χ1v) is 5.24. The summed E-state index contributed by atoms with van der Waals surface area (Å²) < 4.78 is 10.3. The number of hydrogen-bond donors (Lipinski definition) is 1. The molecule has 0 aliphatic carbocycles. The lowest BCUT2D eigenvalue weighted by Crippen LogP contribution is -2.17. The van der Waals surface area contributed by atoms with Crippen LogP contribution in [0.15, 0.2) is 23.0 Å². The van der Waals surface area contributed by atoms with Crippen molar-refractivity contribution in [3.05, 3.63) is 24.2 Å². The van der Waals surface area contributed by atoms with Crippen LogP contribution in [0.5, 0.6) is 0 Å². The molecule has 0 spiro atoms. The molecule has 3 nitrogen and oxygen atoms in total. The summed E-state index contributed by atoms with van der Waals surface area (Å²) in [7, 11) is 0. The topological polar surface area (TPSA) is 34.4 Å². The fourth-order valence-electron chi connectivity index (χ4n) is 1.74. The third kappa shape index (κ3) is 2.86. The lowest BCUT2D eigenvalue weighted by molar-refractivity contribution is 0.184. The zero-order chi connectivity index (χ0) is 9.64. The highest BCUT2D eigenvalue weighted by Crippen LogP contribution is 2.15. The number of nitrogens with one attached hydrogen (secondary N) is 1. The van der Waals surface area contributed by atoms with Gasteiger partial charge in [0, 0.05) is 25.3 Å². The predicted molar refractivity (Wildman–Crippen MR) is 54.0 cm³/mol. The molecule has 14 heavy (non-hydrogen) atoms. The Bertz CT molecular complexity index is 240.